The highest BCUT2D eigenvalue weighted by molar-refractivity contribution is 5.98. The molecular weight excluding hydrogens is 352 g/mol. The fraction of sp³-hybridized carbons (Fsp3) is 0.368. The molecule has 0 aliphatic rings. The molecule has 2 atom stereocenters. The predicted octanol–water partition coefficient (Wildman–Crippen LogP) is 1.70. The van der Waals surface area contributed by atoms with Crippen LogP contribution < -0.4 is 16.3 Å². The number of amides is 1. The summed E-state index contributed by atoms with van der Waals surface area (Å²) in [5.74, 6) is -2.47. The Labute approximate surface area is 155 Å². The number of ketones is 1. The third kappa shape index (κ3) is 5.24. The molecule has 0 radical (unpaired) electrons. The minimum atomic E-state index is -1.09. The first-order chi connectivity index (χ1) is 12.7. The maximum Gasteiger partial charge on any atom is 0.336 e. The molecule has 3 N–H and O–H groups in total. The summed E-state index contributed by atoms with van der Waals surface area (Å²) in [6.45, 7) is 3.38. The molecule has 1 unspecified atom stereocenters. The van der Waals surface area contributed by atoms with Crippen molar-refractivity contribution in [1.29, 1.82) is 0 Å². The van der Waals surface area contributed by atoms with Gasteiger partial charge in [-0.15, -0.1) is 0 Å². The second-order valence-corrected chi connectivity index (χ2v) is 6.46. The fourth-order valence-electron chi connectivity index (χ4n) is 2.76. The normalized spacial score (nSPS) is 13.1. The number of carbonyl (C=O) groups excluding carboxylic acids is 2. The summed E-state index contributed by atoms with van der Waals surface area (Å²) in [6, 6.07) is 5.53. The number of aliphatic carboxylic acids is 1. The average molecular weight is 374 g/mol. The maximum atomic E-state index is 12.4. The molecule has 144 valence electrons. The van der Waals surface area contributed by atoms with Gasteiger partial charge in [0, 0.05) is 35.5 Å². The first kappa shape index (κ1) is 20.3. The van der Waals surface area contributed by atoms with Crippen LogP contribution in [-0.2, 0) is 14.4 Å². The van der Waals surface area contributed by atoms with Crippen LogP contribution in [0.1, 0.15) is 25.3 Å². The number of carboxylic acid groups (broad SMARTS) is 1. The molecule has 2 rings (SSSR count). The molecule has 0 fully saturated rings. The van der Waals surface area contributed by atoms with E-state index in [4.69, 9.17) is 9.52 Å². The van der Waals surface area contributed by atoms with Crippen LogP contribution in [0.15, 0.2) is 33.5 Å². The van der Waals surface area contributed by atoms with Gasteiger partial charge in [-0.2, -0.15) is 0 Å². The molecule has 0 aliphatic heterocycles. The first-order valence-corrected chi connectivity index (χ1v) is 8.48. The molecule has 1 aromatic carbocycles. The Balaban J connectivity index is 2.07. The number of hydrogen-bond donors (Lipinski definition) is 3. The smallest absolute Gasteiger partial charge is 0.336 e. The van der Waals surface area contributed by atoms with E-state index in [1.54, 1.807) is 32.0 Å². The van der Waals surface area contributed by atoms with E-state index in [2.05, 4.69) is 10.6 Å². The van der Waals surface area contributed by atoms with Crippen molar-refractivity contribution in [2.45, 2.75) is 32.7 Å². The van der Waals surface area contributed by atoms with Crippen LogP contribution >= 0.6 is 0 Å². The number of aryl methyl sites for hydroxylation is 1. The van der Waals surface area contributed by atoms with Crippen LogP contribution in [0.2, 0.25) is 0 Å². The van der Waals surface area contributed by atoms with Gasteiger partial charge in [0.15, 0.2) is 5.78 Å². The molecule has 0 saturated heterocycles. The molecule has 1 amide bonds. The van der Waals surface area contributed by atoms with Crippen LogP contribution in [0.4, 0.5) is 5.69 Å². The molecule has 0 saturated carbocycles. The van der Waals surface area contributed by atoms with Gasteiger partial charge in [-0.05, 0) is 31.7 Å². The van der Waals surface area contributed by atoms with Crippen molar-refractivity contribution < 1.29 is 23.9 Å². The van der Waals surface area contributed by atoms with Gasteiger partial charge in [0.25, 0.3) is 0 Å². The SMILES string of the molecule is CN[C@@H](CC(=O)O)C(=O)CC(C)C(=O)Nc1ccc2c(C)cc(=O)oc2c1. The predicted molar refractivity (Wildman–Crippen MR) is 99.7 cm³/mol. The van der Waals surface area contributed by atoms with Gasteiger partial charge in [-0.3, -0.25) is 14.4 Å². The van der Waals surface area contributed by atoms with Crippen LogP contribution in [-0.4, -0.2) is 35.9 Å². The number of carboxylic acids is 1. The molecule has 8 heteroatoms. The summed E-state index contributed by atoms with van der Waals surface area (Å²) in [5.41, 5.74) is 1.10. The lowest BCUT2D eigenvalue weighted by molar-refractivity contribution is -0.139. The topological polar surface area (TPSA) is 126 Å². The van der Waals surface area contributed by atoms with Crippen molar-refractivity contribution in [2.24, 2.45) is 5.92 Å². The number of benzene rings is 1. The molecule has 0 spiro atoms. The molecule has 1 heterocycles. The zero-order valence-corrected chi connectivity index (χ0v) is 15.4. The van der Waals surface area contributed by atoms with Crippen LogP contribution in [0.25, 0.3) is 11.0 Å². The number of hydrogen-bond acceptors (Lipinski definition) is 6. The average Bonchev–Trinajstić information content (AvgIpc) is 2.58. The highest BCUT2D eigenvalue weighted by Gasteiger charge is 2.24. The van der Waals surface area contributed by atoms with Gasteiger partial charge in [-0.1, -0.05) is 6.92 Å². The van der Waals surface area contributed by atoms with Gasteiger partial charge in [-0.25, -0.2) is 4.79 Å². The van der Waals surface area contributed by atoms with Gasteiger partial charge >= 0.3 is 11.6 Å². The van der Waals surface area contributed by atoms with E-state index >= 15 is 0 Å². The number of rotatable bonds is 8. The quantitative estimate of drug-likeness (QED) is 0.600. The van der Waals surface area contributed by atoms with Crippen molar-refractivity contribution in [3.8, 4) is 0 Å². The zero-order valence-electron chi connectivity index (χ0n) is 15.4. The summed E-state index contributed by atoms with van der Waals surface area (Å²) in [6.07, 6.45) is -0.431. The Kier molecular flexibility index (Phi) is 6.46. The second kappa shape index (κ2) is 8.59. The van der Waals surface area contributed by atoms with Crippen LogP contribution in [0.3, 0.4) is 0 Å². The second-order valence-electron chi connectivity index (χ2n) is 6.46. The number of carbonyl (C=O) groups is 3. The number of anilines is 1. The third-order valence-corrected chi connectivity index (χ3v) is 4.29. The van der Waals surface area contributed by atoms with Crippen molar-refractivity contribution >= 4 is 34.3 Å². The van der Waals surface area contributed by atoms with E-state index in [1.807, 2.05) is 0 Å². The highest BCUT2D eigenvalue weighted by Crippen LogP contribution is 2.21. The molecule has 0 aliphatic carbocycles. The molecule has 27 heavy (non-hydrogen) atoms. The Bertz CT molecular complexity index is 933. The zero-order chi connectivity index (χ0) is 20.1. The molecule has 1 aromatic heterocycles. The summed E-state index contributed by atoms with van der Waals surface area (Å²) < 4.78 is 5.15. The number of Topliss-reactive ketones (excluding diaryl/α,β-unsaturated/α-hetero) is 1. The molecule has 0 bridgehead atoms. The highest BCUT2D eigenvalue weighted by atomic mass is 16.4. The number of nitrogens with one attached hydrogen (secondary N) is 2. The van der Waals surface area contributed by atoms with Gasteiger partial charge in [0.05, 0.1) is 12.5 Å². The van der Waals surface area contributed by atoms with Crippen LogP contribution in [0, 0.1) is 12.8 Å². The standard InChI is InChI=1S/C19H22N2O6/c1-10-7-18(25)27-16-8-12(4-5-13(10)16)21-19(26)11(2)6-15(22)14(20-3)9-17(23)24/h4-5,7-8,11,14,20H,6,9H2,1-3H3,(H,21,26)(H,23,24)/t11?,14-/m0/s1. The van der Waals surface area contributed by atoms with E-state index in [-0.39, 0.29) is 24.5 Å². The van der Waals surface area contributed by atoms with Crippen LogP contribution in [0.5, 0.6) is 0 Å². The maximum absolute atomic E-state index is 12.4. The minimum absolute atomic E-state index is 0.0909. The van der Waals surface area contributed by atoms with Gasteiger partial charge in [0.2, 0.25) is 5.91 Å². The van der Waals surface area contributed by atoms with E-state index in [9.17, 15) is 19.2 Å². The largest absolute Gasteiger partial charge is 0.481 e. The molecule has 8 nitrogen and oxygen atoms in total. The van der Waals surface area contributed by atoms with E-state index in [1.165, 1.54) is 13.1 Å². The molecule has 2 aromatic rings. The Hall–Kier alpha value is -3.00. The van der Waals surface area contributed by atoms with Gasteiger partial charge in [0.1, 0.15) is 5.58 Å². The monoisotopic (exact) mass is 374 g/mol. The minimum Gasteiger partial charge on any atom is -0.481 e. The molecular formula is C19H22N2O6. The Morgan fingerprint density at radius 1 is 1.19 bits per heavy atom. The van der Waals surface area contributed by atoms with Crippen molar-refractivity contribution in [2.75, 3.05) is 12.4 Å². The summed E-state index contributed by atoms with van der Waals surface area (Å²) in [5, 5.41) is 14.9. The van der Waals surface area contributed by atoms with Crippen molar-refractivity contribution in [3.63, 3.8) is 0 Å². The number of fused-ring (bicyclic) bond motifs is 1. The van der Waals surface area contributed by atoms with Crippen molar-refractivity contribution in [1.82, 2.24) is 5.32 Å². The lowest BCUT2D eigenvalue weighted by Crippen LogP contribution is -2.38. The lowest BCUT2D eigenvalue weighted by atomic mass is 9.97. The lowest BCUT2D eigenvalue weighted by Gasteiger charge is -2.16. The van der Waals surface area contributed by atoms with E-state index in [0.717, 1.165) is 10.9 Å². The number of likely N-dealkylation sites (N-methyl/N-ethyl adjacent to an activating group) is 1. The van der Waals surface area contributed by atoms with Crippen molar-refractivity contribution in [3.05, 3.63) is 40.2 Å². The summed E-state index contributed by atoms with van der Waals surface area (Å²) in [7, 11) is 1.50. The third-order valence-electron chi connectivity index (χ3n) is 4.29. The first-order valence-electron chi connectivity index (χ1n) is 8.48. The Morgan fingerprint density at radius 3 is 2.52 bits per heavy atom. The summed E-state index contributed by atoms with van der Waals surface area (Å²) in [4.78, 5) is 46.8. The van der Waals surface area contributed by atoms with Gasteiger partial charge < -0.3 is 20.2 Å². The van der Waals surface area contributed by atoms with E-state index < -0.39 is 23.6 Å². The summed E-state index contributed by atoms with van der Waals surface area (Å²) >= 11 is 0. The Morgan fingerprint density at radius 2 is 1.89 bits per heavy atom. The fourth-order valence-corrected chi connectivity index (χ4v) is 2.76. The van der Waals surface area contributed by atoms with E-state index in [0.29, 0.717) is 11.3 Å².